The Morgan fingerprint density at radius 3 is 2.61 bits per heavy atom. The van der Waals surface area contributed by atoms with E-state index in [0.29, 0.717) is 0 Å². The summed E-state index contributed by atoms with van der Waals surface area (Å²) in [7, 11) is 0. The zero-order valence-corrected chi connectivity index (χ0v) is 15.1. The smallest absolute Gasteiger partial charge is 0.261 e. The largest absolute Gasteiger partial charge is 0.271 e. The molecule has 0 bridgehead atoms. The fraction of sp³-hybridized carbons (Fsp3) is 0.167. The van der Waals surface area contributed by atoms with E-state index < -0.39 is 5.92 Å². The molecule has 0 spiro atoms. The van der Waals surface area contributed by atoms with Gasteiger partial charge in [0.05, 0.1) is 17.1 Å². The highest BCUT2D eigenvalue weighted by molar-refractivity contribution is 14.1. The Balaban J connectivity index is 1.81. The molecule has 23 heavy (non-hydrogen) atoms. The topological polar surface area (TPSA) is 45.0 Å². The van der Waals surface area contributed by atoms with Gasteiger partial charge in [0.1, 0.15) is 5.92 Å². The van der Waals surface area contributed by atoms with Crippen LogP contribution in [0.1, 0.15) is 12.5 Å². The lowest BCUT2D eigenvalue weighted by Crippen LogP contribution is -2.27. The molecular formula is C18H16IN3O. The maximum absolute atomic E-state index is 12.6. The highest BCUT2D eigenvalue weighted by Crippen LogP contribution is 2.24. The van der Waals surface area contributed by atoms with Crippen molar-refractivity contribution in [1.82, 2.24) is 0 Å². The number of rotatable bonds is 3. The molecule has 3 rings (SSSR count). The molecule has 0 fully saturated rings. The summed E-state index contributed by atoms with van der Waals surface area (Å²) < 4.78 is 1.20. The fourth-order valence-electron chi connectivity index (χ4n) is 2.38. The molecule has 116 valence electrons. The monoisotopic (exact) mass is 417 g/mol. The molecule has 0 N–H and O–H groups in total. The van der Waals surface area contributed by atoms with Crippen molar-refractivity contribution in [3.63, 3.8) is 0 Å². The van der Waals surface area contributed by atoms with Gasteiger partial charge in [-0.05, 0) is 72.3 Å². The van der Waals surface area contributed by atoms with Gasteiger partial charge in [0.2, 0.25) is 0 Å². The molecule has 0 aliphatic carbocycles. The van der Waals surface area contributed by atoms with Gasteiger partial charge in [-0.3, -0.25) is 9.79 Å². The molecule has 4 nitrogen and oxygen atoms in total. The fourth-order valence-corrected chi connectivity index (χ4v) is 2.71. The van der Waals surface area contributed by atoms with E-state index in [9.17, 15) is 4.79 Å². The first-order chi connectivity index (χ1) is 11.1. The number of carbonyl (C=O) groups is 1. The normalized spacial score (nSPS) is 17.9. The Morgan fingerprint density at radius 1 is 1.17 bits per heavy atom. The second-order valence-corrected chi connectivity index (χ2v) is 6.58. The SMILES string of the molecule is CC1=NN(c2ccccc2)C(=O)[C@@H]1C=Nc1ccc(I)c(C)c1. The van der Waals surface area contributed by atoms with Crippen LogP contribution in [-0.4, -0.2) is 17.8 Å². The Labute approximate surface area is 149 Å². The molecule has 1 aliphatic rings. The van der Waals surface area contributed by atoms with Crippen molar-refractivity contribution < 1.29 is 4.79 Å². The summed E-state index contributed by atoms with van der Waals surface area (Å²) in [6, 6.07) is 15.4. The lowest BCUT2D eigenvalue weighted by molar-refractivity contribution is -0.118. The van der Waals surface area contributed by atoms with Gasteiger partial charge >= 0.3 is 0 Å². The number of benzene rings is 2. The van der Waals surface area contributed by atoms with E-state index in [1.807, 2.05) is 62.4 Å². The van der Waals surface area contributed by atoms with Crippen LogP contribution < -0.4 is 5.01 Å². The van der Waals surface area contributed by atoms with E-state index in [1.165, 1.54) is 14.1 Å². The highest BCUT2D eigenvalue weighted by Gasteiger charge is 2.33. The minimum atomic E-state index is -0.408. The molecule has 1 heterocycles. The first-order valence-corrected chi connectivity index (χ1v) is 8.38. The minimum absolute atomic E-state index is 0.0697. The Bertz CT molecular complexity index is 799. The van der Waals surface area contributed by atoms with Crippen LogP contribution in [-0.2, 0) is 4.79 Å². The number of anilines is 1. The molecular weight excluding hydrogens is 401 g/mol. The maximum atomic E-state index is 12.6. The molecule has 1 atom stereocenters. The molecule has 1 amide bonds. The Morgan fingerprint density at radius 2 is 1.91 bits per heavy atom. The second-order valence-electron chi connectivity index (χ2n) is 5.42. The van der Waals surface area contributed by atoms with E-state index in [1.54, 1.807) is 6.21 Å². The number of nitrogens with zero attached hydrogens (tertiary/aromatic N) is 3. The van der Waals surface area contributed by atoms with Crippen LogP contribution in [0.4, 0.5) is 11.4 Å². The van der Waals surface area contributed by atoms with Gasteiger partial charge in [-0.15, -0.1) is 0 Å². The third-order valence-electron chi connectivity index (χ3n) is 3.70. The van der Waals surface area contributed by atoms with Crippen LogP contribution >= 0.6 is 22.6 Å². The van der Waals surface area contributed by atoms with Crippen LogP contribution in [0.5, 0.6) is 0 Å². The zero-order chi connectivity index (χ0) is 16.4. The molecule has 0 unspecified atom stereocenters. The van der Waals surface area contributed by atoms with E-state index in [2.05, 4.69) is 32.7 Å². The first-order valence-electron chi connectivity index (χ1n) is 7.31. The average Bonchev–Trinajstić information content (AvgIpc) is 2.84. The van der Waals surface area contributed by atoms with E-state index in [0.717, 1.165) is 17.1 Å². The van der Waals surface area contributed by atoms with Gasteiger partial charge in [0.25, 0.3) is 5.91 Å². The Hall–Kier alpha value is -2.02. The standard InChI is InChI=1S/C18H16IN3O/c1-12-10-14(8-9-17(12)19)20-11-16-13(2)21-22(18(16)23)15-6-4-3-5-7-15/h3-11,16H,1-2H3/t16-/m1/s1. The van der Waals surface area contributed by atoms with Crippen molar-refractivity contribution in [2.45, 2.75) is 13.8 Å². The van der Waals surface area contributed by atoms with Gasteiger partial charge in [0.15, 0.2) is 0 Å². The summed E-state index contributed by atoms with van der Waals surface area (Å²) in [4.78, 5) is 17.0. The molecule has 0 saturated carbocycles. The molecule has 0 saturated heterocycles. The van der Waals surface area contributed by atoms with Crippen molar-refractivity contribution in [3.05, 3.63) is 57.7 Å². The van der Waals surface area contributed by atoms with Crippen LogP contribution in [0.15, 0.2) is 58.6 Å². The predicted octanol–water partition coefficient (Wildman–Crippen LogP) is 4.34. The number of para-hydroxylation sites is 1. The lowest BCUT2D eigenvalue weighted by Gasteiger charge is -2.12. The first kappa shape index (κ1) is 15.9. The van der Waals surface area contributed by atoms with E-state index in [-0.39, 0.29) is 5.91 Å². The number of hydrazone groups is 1. The maximum Gasteiger partial charge on any atom is 0.261 e. The number of amides is 1. The van der Waals surface area contributed by atoms with E-state index in [4.69, 9.17) is 0 Å². The molecule has 0 aromatic heterocycles. The molecule has 0 radical (unpaired) electrons. The number of halogens is 1. The molecule has 2 aromatic rings. The Kier molecular flexibility index (Phi) is 4.56. The molecule has 5 heteroatoms. The summed E-state index contributed by atoms with van der Waals surface area (Å²) in [5.41, 5.74) is 3.55. The van der Waals surface area contributed by atoms with Crippen molar-refractivity contribution in [1.29, 1.82) is 0 Å². The number of aliphatic imine (C=N–C) groups is 1. The third-order valence-corrected chi connectivity index (χ3v) is 4.91. The summed E-state index contributed by atoms with van der Waals surface area (Å²) in [6.45, 7) is 3.90. The zero-order valence-electron chi connectivity index (χ0n) is 12.9. The van der Waals surface area contributed by atoms with Crippen LogP contribution in [0, 0.1) is 16.4 Å². The summed E-state index contributed by atoms with van der Waals surface area (Å²) in [5, 5.41) is 5.82. The van der Waals surface area contributed by atoms with Crippen molar-refractivity contribution in [2.24, 2.45) is 16.0 Å². The van der Waals surface area contributed by atoms with Crippen molar-refractivity contribution in [3.8, 4) is 0 Å². The summed E-state index contributed by atoms with van der Waals surface area (Å²) in [5.74, 6) is -0.477. The minimum Gasteiger partial charge on any atom is -0.271 e. The quantitative estimate of drug-likeness (QED) is 0.542. The lowest BCUT2D eigenvalue weighted by atomic mass is 10.1. The highest BCUT2D eigenvalue weighted by atomic mass is 127. The van der Waals surface area contributed by atoms with Gasteiger partial charge in [-0.2, -0.15) is 10.1 Å². The molecule has 1 aliphatic heterocycles. The van der Waals surface area contributed by atoms with Crippen LogP contribution in [0.25, 0.3) is 0 Å². The van der Waals surface area contributed by atoms with Gasteiger partial charge in [-0.1, -0.05) is 18.2 Å². The third kappa shape index (κ3) is 3.34. The number of hydrogen-bond donors (Lipinski definition) is 0. The summed E-state index contributed by atoms with van der Waals surface area (Å²) >= 11 is 2.29. The van der Waals surface area contributed by atoms with E-state index >= 15 is 0 Å². The van der Waals surface area contributed by atoms with Crippen molar-refractivity contribution >= 4 is 51.8 Å². The predicted molar refractivity (Wildman–Crippen MR) is 103 cm³/mol. The average molecular weight is 417 g/mol. The van der Waals surface area contributed by atoms with Gasteiger partial charge in [0, 0.05) is 9.78 Å². The molecule has 2 aromatic carbocycles. The number of carbonyl (C=O) groups excluding carboxylic acids is 1. The van der Waals surface area contributed by atoms with Crippen LogP contribution in [0.2, 0.25) is 0 Å². The van der Waals surface area contributed by atoms with Gasteiger partial charge in [-0.25, -0.2) is 0 Å². The van der Waals surface area contributed by atoms with Crippen LogP contribution in [0.3, 0.4) is 0 Å². The number of aryl methyl sites for hydroxylation is 1. The summed E-state index contributed by atoms with van der Waals surface area (Å²) in [6.07, 6.45) is 1.69. The second kappa shape index (κ2) is 6.62. The number of hydrogen-bond acceptors (Lipinski definition) is 3. The van der Waals surface area contributed by atoms with Gasteiger partial charge < -0.3 is 0 Å². The van der Waals surface area contributed by atoms with Crippen molar-refractivity contribution in [2.75, 3.05) is 5.01 Å².